The first-order valence-corrected chi connectivity index (χ1v) is 15.9. The predicted molar refractivity (Wildman–Crippen MR) is 146 cm³/mol. The average molecular weight is 558 g/mol. The largest absolute Gasteiger partial charge is 0.381 e. The van der Waals surface area contributed by atoms with Crippen LogP contribution in [-0.2, 0) is 25.1 Å². The summed E-state index contributed by atoms with van der Waals surface area (Å²) in [4.78, 5) is 20.7. The number of carbonyl (C=O) groups excluding carboxylic acids is 1. The zero-order chi connectivity index (χ0) is 27.0. The van der Waals surface area contributed by atoms with E-state index in [1.165, 1.54) is 0 Å². The van der Waals surface area contributed by atoms with E-state index < -0.39 is 9.84 Å². The number of methoxy groups -OCH3 is 1. The molecule has 5 heterocycles. The van der Waals surface area contributed by atoms with Crippen molar-refractivity contribution in [3.8, 4) is 11.3 Å². The number of benzene rings is 1. The van der Waals surface area contributed by atoms with E-state index in [-0.39, 0.29) is 23.4 Å². The van der Waals surface area contributed by atoms with Crippen molar-refractivity contribution in [3.63, 3.8) is 0 Å². The fourth-order valence-electron chi connectivity index (χ4n) is 6.53. The molecular weight excluding hydrogens is 518 g/mol. The highest BCUT2D eigenvalue weighted by atomic mass is 32.2. The van der Waals surface area contributed by atoms with Crippen LogP contribution in [0, 0.1) is 0 Å². The zero-order valence-corrected chi connectivity index (χ0v) is 23.6. The monoisotopic (exact) mass is 557 g/mol. The summed E-state index contributed by atoms with van der Waals surface area (Å²) in [6.45, 7) is 7.98. The van der Waals surface area contributed by atoms with Gasteiger partial charge in [0.1, 0.15) is 0 Å². The lowest BCUT2D eigenvalue weighted by atomic mass is 10.0. The van der Waals surface area contributed by atoms with Crippen molar-refractivity contribution in [3.05, 3.63) is 35.5 Å². The third kappa shape index (κ3) is 5.39. The molecule has 0 unspecified atom stereocenters. The number of amides is 1. The Hall–Kier alpha value is -2.31. The molecule has 0 bridgehead atoms. The number of carbonyl (C=O) groups is 1. The molecule has 10 nitrogen and oxygen atoms in total. The molecule has 0 radical (unpaired) electrons. The van der Waals surface area contributed by atoms with E-state index in [0.29, 0.717) is 48.4 Å². The highest BCUT2D eigenvalue weighted by Crippen LogP contribution is 2.42. The Kier molecular flexibility index (Phi) is 7.78. The molecule has 2 aromatic rings. The van der Waals surface area contributed by atoms with Crippen molar-refractivity contribution in [2.75, 3.05) is 72.7 Å². The van der Waals surface area contributed by atoms with Crippen LogP contribution < -0.4 is 0 Å². The molecule has 4 aliphatic heterocycles. The van der Waals surface area contributed by atoms with Gasteiger partial charge in [0.25, 0.3) is 5.91 Å². The lowest BCUT2D eigenvalue weighted by Crippen LogP contribution is -2.44. The fraction of sp³-hybridized carbons (Fsp3) is 0.643. The fourth-order valence-corrected chi connectivity index (χ4v) is 8.12. The summed E-state index contributed by atoms with van der Waals surface area (Å²) in [7, 11) is -1.77. The summed E-state index contributed by atoms with van der Waals surface area (Å²) in [6.07, 6.45) is 4.54. The molecule has 39 heavy (non-hydrogen) atoms. The maximum Gasteiger partial charge on any atom is 0.274 e. The molecule has 4 aliphatic rings. The second-order valence-electron chi connectivity index (χ2n) is 11.2. The highest BCUT2D eigenvalue weighted by Gasteiger charge is 2.39. The Labute approximate surface area is 230 Å². The van der Waals surface area contributed by atoms with Gasteiger partial charge in [0, 0.05) is 64.0 Å². The molecular formula is C28H39N5O5S. The van der Waals surface area contributed by atoms with Gasteiger partial charge in [0.05, 0.1) is 41.7 Å². The van der Waals surface area contributed by atoms with Gasteiger partial charge >= 0.3 is 0 Å². The maximum absolute atomic E-state index is 13.7. The summed E-state index contributed by atoms with van der Waals surface area (Å²) in [5.41, 5.74) is 2.28. The molecule has 212 valence electrons. The van der Waals surface area contributed by atoms with Crippen LogP contribution in [0.15, 0.2) is 29.2 Å². The SMILES string of the molecule is COC1CCN(CCN2CCC[C@H](n3nc(C(=O)N4CCOCC4)c4c3-c3ccccc3S(=O)(=O)C4)C2)CC1. The number of fused-ring (bicyclic) bond motifs is 3. The third-order valence-electron chi connectivity index (χ3n) is 8.75. The summed E-state index contributed by atoms with van der Waals surface area (Å²) in [5.74, 6) is -0.395. The van der Waals surface area contributed by atoms with Gasteiger partial charge in [-0.15, -0.1) is 0 Å². The first kappa shape index (κ1) is 26.9. The summed E-state index contributed by atoms with van der Waals surface area (Å²) >= 11 is 0. The topological polar surface area (TPSA) is 97.2 Å². The number of aromatic nitrogens is 2. The van der Waals surface area contributed by atoms with E-state index in [1.54, 1.807) is 24.1 Å². The van der Waals surface area contributed by atoms with Gasteiger partial charge in [-0.2, -0.15) is 5.10 Å². The molecule has 1 amide bonds. The number of rotatable bonds is 6. The minimum atomic E-state index is -3.57. The Balaban J connectivity index is 1.28. The minimum absolute atomic E-state index is 0.0758. The van der Waals surface area contributed by atoms with Crippen molar-refractivity contribution in [2.24, 2.45) is 0 Å². The minimum Gasteiger partial charge on any atom is -0.381 e. The Morgan fingerprint density at radius 3 is 2.54 bits per heavy atom. The van der Waals surface area contributed by atoms with Crippen LogP contribution in [0.5, 0.6) is 0 Å². The lowest BCUT2D eigenvalue weighted by molar-refractivity contribution is 0.0297. The molecule has 1 atom stereocenters. The second-order valence-corrected chi connectivity index (χ2v) is 13.1. The van der Waals surface area contributed by atoms with Crippen LogP contribution in [-0.4, -0.2) is 118 Å². The Morgan fingerprint density at radius 1 is 1.03 bits per heavy atom. The normalized spacial score (nSPS) is 24.3. The smallest absolute Gasteiger partial charge is 0.274 e. The molecule has 1 aromatic heterocycles. The van der Waals surface area contributed by atoms with Crippen molar-refractivity contribution < 1.29 is 22.7 Å². The Morgan fingerprint density at radius 2 is 1.77 bits per heavy atom. The van der Waals surface area contributed by atoms with E-state index in [9.17, 15) is 13.2 Å². The van der Waals surface area contributed by atoms with E-state index in [1.807, 2.05) is 16.8 Å². The van der Waals surface area contributed by atoms with Gasteiger partial charge < -0.3 is 19.3 Å². The van der Waals surface area contributed by atoms with Crippen molar-refractivity contribution >= 4 is 15.7 Å². The van der Waals surface area contributed by atoms with Gasteiger partial charge in [-0.3, -0.25) is 14.4 Å². The van der Waals surface area contributed by atoms with Crippen LogP contribution in [0.3, 0.4) is 0 Å². The van der Waals surface area contributed by atoms with Crippen molar-refractivity contribution in [1.29, 1.82) is 0 Å². The molecule has 0 spiro atoms. The highest BCUT2D eigenvalue weighted by molar-refractivity contribution is 7.90. The van der Waals surface area contributed by atoms with Crippen LogP contribution in [0.4, 0.5) is 0 Å². The first-order valence-electron chi connectivity index (χ1n) is 14.2. The molecule has 3 fully saturated rings. The van der Waals surface area contributed by atoms with Gasteiger partial charge in [0.2, 0.25) is 0 Å². The molecule has 0 N–H and O–H groups in total. The number of hydrogen-bond acceptors (Lipinski definition) is 8. The van der Waals surface area contributed by atoms with Gasteiger partial charge in [-0.1, -0.05) is 18.2 Å². The summed E-state index contributed by atoms with van der Waals surface area (Å²) in [6, 6.07) is 7.24. The third-order valence-corrected chi connectivity index (χ3v) is 10.4. The van der Waals surface area contributed by atoms with Gasteiger partial charge in [-0.05, 0) is 38.3 Å². The van der Waals surface area contributed by atoms with Gasteiger partial charge in [-0.25, -0.2) is 8.42 Å². The number of sulfone groups is 1. The predicted octanol–water partition coefficient (Wildman–Crippen LogP) is 2.06. The molecule has 0 saturated carbocycles. The van der Waals surface area contributed by atoms with Crippen molar-refractivity contribution in [1.82, 2.24) is 24.5 Å². The van der Waals surface area contributed by atoms with Crippen LogP contribution in [0.1, 0.15) is 47.8 Å². The number of morpholine rings is 1. The molecule has 6 rings (SSSR count). The van der Waals surface area contributed by atoms with Gasteiger partial charge in [0.15, 0.2) is 15.5 Å². The Bertz CT molecular complexity index is 1300. The lowest BCUT2D eigenvalue weighted by Gasteiger charge is -2.36. The quantitative estimate of drug-likeness (QED) is 0.533. The average Bonchev–Trinajstić information content (AvgIpc) is 3.35. The number of ether oxygens (including phenoxy) is 2. The summed E-state index contributed by atoms with van der Waals surface area (Å²) < 4.78 is 39.5. The molecule has 1 aromatic carbocycles. The molecule has 11 heteroatoms. The first-order chi connectivity index (χ1) is 18.9. The second kappa shape index (κ2) is 11.3. The van der Waals surface area contributed by atoms with E-state index in [4.69, 9.17) is 14.6 Å². The summed E-state index contributed by atoms with van der Waals surface area (Å²) in [5, 5.41) is 4.93. The number of likely N-dealkylation sites (tertiary alicyclic amines) is 2. The molecule has 3 saturated heterocycles. The van der Waals surface area contributed by atoms with E-state index in [2.05, 4.69) is 9.80 Å². The number of hydrogen-bond donors (Lipinski definition) is 0. The van der Waals surface area contributed by atoms with Crippen LogP contribution in [0.2, 0.25) is 0 Å². The maximum atomic E-state index is 13.7. The molecule has 0 aliphatic carbocycles. The number of nitrogens with zero attached hydrogens (tertiary/aromatic N) is 5. The van der Waals surface area contributed by atoms with Crippen LogP contribution in [0.25, 0.3) is 11.3 Å². The van der Waals surface area contributed by atoms with E-state index in [0.717, 1.165) is 70.6 Å². The van der Waals surface area contributed by atoms with E-state index >= 15 is 0 Å². The van der Waals surface area contributed by atoms with Crippen molar-refractivity contribution in [2.45, 2.75) is 48.5 Å². The van der Waals surface area contributed by atoms with Crippen LogP contribution >= 0.6 is 0 Å². The zero-order valence-electron chi connectivity index (χ0n) is 22.8. The standard InChI is InChI=1S/C28H39N5O5S/c1-37-22-8-11-30(12-9-22)13-14-31-10-4-5-21(19-31)33-27-23-6-2-3-7-25(23)39(35,36)20-24(27)26(29-33)28(34)32-15-17-38-18-16-32/h2-3,6-7,21-22H,4-5,8-20H2,1H3/t21-/m0/s1. The number of piperidine rings is 2.